The number of amides is 1. The third-order valence-electron chi connectivity index (χ3n) is 4.09. The van der Waals surface area contributed by atoms with E-state index >= 15 is 0 Å². The Bertz CT molecular complexity index is 264. The van der Waals surface area contributed by atoms with Crippen LogP contribution in [0.4, 0.5) is 0 Å². The number of hydrogen-bond acceptors (Lipinski definition) is 3. The van der Waals surface area contributed by atoms with E-state index in [1.165, 1.54) is 0 Å². The normalized spacial score (nSPS) is 38.0. The van der Waals surface area contributed by atoms with E-state index in [-0.39, 0.29) is 17.9 Å². The van der Waals surface area contributed by atoms with Gasteiger partial charge in [0.1, 0.15) is 0 Å². The zero-order valence-corrected chi connectivity index (χ0v) is 10.7. The van der Waals surface area contributed by atoms with Gasteiger partial charge in [0.15, 0.2) is 0 Å². The summed E-state index contributed by atoms with van der Waals surface area (Å²) in [6.07, 6.45) is 4.13. The van der Waals surface area contributed by atoms with Crippen LogP contribution in [-0.4, -0.2) is 31.7 Å². The van der Waals surface area contributed by atoms with Crippen molar-refractivity contribution in [3.8, 4) is 0 Å². The molecule has 1 aliphatic heterocycles. The second kappa shape index (κ2) is 5.83. The van der Waals surface area contributed by atoms with Crippen LogP contribution in [0.5, 0.6) is 0 Å². The van der Waals surface area contributed by atoms with E-state index in [1.807, 2.05) is 0 Å². The molecule has 98 valence electrons. The minimum Gasteiger partial charge on any atom is -0.381 e. The summed E-state index contributed by atoms with van der Waals surface area (Å²) in [5, 5.41) is 3.05. The Morgan fingerprint density at radius 3 is 2.94 bits per heavy atom. The summed E-state index contributed by atoms with van der Waals surface area (Å²) in [5.74, 6) is 1.29. The van der Waals surface area contributed by atoms with Crippen LogP contribution in [0, 0.1) is 17.8 Å². The van der Waals surface area contributed by atoms with Crippen LogP contribution in [0.1, 0.15) is 32.6 Å². The van der Waals surface area contributed by atoms with Gasteiger partial charge in [-0.05, 0) is 31.6 Å². The maximum atomic E-state index is 12.1. The van der Waals surface area contributed by atoms with Crippen LogP contribution in [0.25, 0.3) is 0 Å². The first-order valence-electron chi connectivity index (χ1n) is 6.78. The first-order chi connectivity index (χ1) is 8.16. The maximum absolute atomic E-state index is 12.1. The highest BCUT2D eigenvalue weighted by Crippen LogP contribution is 2.28. The molecule has 4 unspecified atom stereocenters. The molecular formula is C13H24N2O2. The zero-order valence-electron chi connectivity index (χ0n) is 10.7. The lowest BCUT2D eigenvalue weighted by molar-refractivity contribution is -0.127. The Labute approximate surface area is 103 Å². The Hall–Kier alpha value is -0.610. The summed E-state index contributed by atoms with van der Waals surface area (Å²) in [5.41, 5.74) is 6.04. The predicted molar refractivity (Wildman–Crippen MR) is 66.4 cm³/mol. The van der Waals surface area contributed by atoms with E-state index in [2.05, 4.69) is 12.2 Å². The summed E-state index contributed by atoms with van der Waals surface area (Å²) < 4.78 is 5.30. The molecule has 0 radical (unpaired) electrons. The molecule has 4 atom stereocenters. The van der Waals surface area contributed by atoms with Crippen molar-refractivity contribution < 1.29 is 9.53 Å². The highest BCUT2D eigenvalue weighted by Gasteiger charge is 2.31. The fourth-order valence-electron chi connectivity index (χ4n) is 2.83. The maximum Gasteiger partial charge on any atom is 0.224 e. The second-order valence-corrected chi connectivity index (χ2v) is 5.66. The van der Waals surface area contributed by atoms with Crippen molar-refractivity contribution in [1.82, 2.24) is 5.32 Å². The molecule has 4 nitrogen and oxygen atoms in total. The molecule has 1 amide bonds. The van der Waals surface area contributed by atoms with Gasteiger partial charge in [-0.15, -0.1) is 0 Å². The standard InChI is InChI=1S/C13H24N2O2/c1-9-2-3-12(14)11(6-9)13(16)15-7-10-4-5-17-8-10/h9-12H,2-8,14H2,1H3,(H,15,16). The summed E-state index contributed by atoms with van der Waals surface area (Å²) in [7, 11) is 0. The molecule has 0 aromatic rings. The van der Waals surface area contributed by atoms with Crippen molar-refractivity contribution in [3.63, 3.8) is 0 Å². The molecule has 1 aliphatic carbocycles. The van der Waals surface area contributed by atoms with Crippen molar-refractivity contribution in [1.29, 1.82) is 0 Å². The highest BCUT2D eigenvalue weighted by molar-refractivity contribution is 5.79. The van der Waals surface area contributed by atoms with Crippen molar-refractivity contribution in [2.24, 2.45) is 23.5 Å². The largest absolute Gasteiger partial charge is 0.381 e. The fourth-order valence-corrected chi connectivity index (χ4v) is 2.83. The van der Waals surface area contributed by atoms with Crippen molar-refractivity contribution in [2.75, 3.05) is 19.8 Å². The van der Waals surface area contributed by atoms with Crippen LogP contribution in [-0.2, 0) is 9.53 Å². The quantitative estimate of drug-likeness (QED) is 0.770. The molecule has 0 aromatic carbocycles. The molecule has 0 spiro atoms. The Morgan fingerprint density at radius 2 is 2.24 bits per heavy atom. The Balaban J connectivity index is 1.77. The van der Waals surface area contributed by atoms with E-state index < -0.39 is 0 Å². The molecule has 1 saturated heterocycles. The lowest BCUT2D eigenvalue weighted by Crippen LogP contribution is -2.46. The average molecular weight is 240 g/mol. The van der Waals surface area contributed by atoms with E-state index in [9.17, 15) is 4.79 Å². The lowest BCUT2D eigenvalue weighted by atomic mass is 9.78. The monoisotopic (exact) mass is 240 g/mol. The molecular weight excluding hydrogens is 216 g/mol. The Kier molecular flexibility index (Phi) is 4.40. The molecule has 1 saturated carbocycles. The number of carbonyl (C=O) groups is 1. The zero-order chi connectivity index (χ0) is 12.3. The van der Waals surface area contributed by atoms with Gasteiger partial charge in [-0.3, -0.25) is 4.79 Å². The van der Waals surface area contributed by atoms with Gasteiger partial charge >= 0.3 is 0 Å². The van der Waals surface area contributed by atoms with Crippen molar-refractivity contribution in [3.05, 3.63) is 0 Å². The molecule has 17 heavy (non-hydrogen) atoms. The number of rotatable bonds is 3. The van der Waals surface area contributed by atoms with Crippen molar-refractivity contribution >= 4 is 5.91 Å². The van der Waals surface area contributed by atoms with E-state index in [0.717, 1.165) is 45.4 Å². The van der Waals surface area contributed by atoms with Gasteiger partial charge in [-0.2, -0.15) is 0 Å². The molecule has 0 bridgehead atoms. The molecule has 4 heteroatoms. The second-order valence-electron chi connectivity index (χ2n) is 5.66. The van der Waals surface area contributed by atoms with Gasteiger partial charge in [0, 0.05) is 25.1 Å². The van der Waals surface area contributed by atoms with Crippen LogP contribution in [0.15, 0.2) is 0 Å². The molecule has 0 aromatic heterocycles. The predicted octanol–water partition coefficient (Wildman–Crippen LogP) is 0.903. The summed E-state index contributed by atoms with van der Waals surface area (Å²) >= 11 is 0. The van der Waals surface area contributed by atoms with Gasteiger partial charge < -0.3 is 15.8 Å². The van der Waals surface area contributed by atoms with Gasteiger partial charge in [0.2, 0.25) is 5.91 Å². The smallest absolute Gasteiger partial charge is 0.224 e. The van der Waals surface area contributed by atoms with E-state index in [4.69, 9.17) is 10.5 Å². The first-order valence-corrected chi connectivity index (χ1v) is 6.78. The van der Waals surface area contributed by atoms with Gasteiger partial charge in [-0.25, -0.2) is 0 Å². The van der Waals surface area contributed by atoms with Gasteiger partial charge in [-0.1, -0.05) is 6.92 Å². The van der Waals surface area contributed by atoms with Gasteiger partial charge in [0.05, 0.1) is 12.5 Å². The Morgan fingerprint density at radius 1 is 1.41 bits per heavy atom. The fraction of sp³-hybridized carbons (Fsp3) is 0.923. The van der Waals surface area contributed by atoms with Crippen molar-refractivity contribution in [2.45, 2.75) is 38.6 Å². The third-order valence-corrected chi connectivity index (χ3v) is 4.09. The number of nitrogens with one attached hydrogen (secondary N) is 1. The summed E-state index contributed by atoms with van der Waals surface area (Å²) in [4.78, 5) is 12.1. The summed E-state index contributed by atoms with van der Waals surface area (Å²) in [6, 6.07) is 0.0472. The highest BCUT2D eigenvalue weighted by atomic mass is 16.5. The number of hydrogen-bond donors (Lipinski definition) is 2. The minimum absolute atomic E-state index is 0.0149. The SMILES string of the molecule is CC1CCC(N)C(C(=O)NCC2CCOC2)C1. The van der Waals surface area contributed by atoms with E-state index in [1.54, 1.807) is 0 Å². The third kappa shape index (κ3) is 3.42. The van der Waals surface area contributed by atoms with Crippen LogP contribution in [0.2, 0.25) is 0 Å². The minimum atomic E-state index is 0.0149. The molecule has 2 fully saturated rings. The number of ether oxygens (including phenoxy) is 1. The molecule has 2 rings (SSSR count). The number of nitrogens with two attached hydrogens (primary N) is 1. The van der Waals surface area contributed by atoms with Crippen LogP contribution < -0.4 is 11.1 Å². The molecule has 1 heterocycles. The average Bonchev–Trinajstić information content (AvgIpc) is 2.82. The molecule has 2 aliphatic rings. The summed E-state index contributed by atoms with van der Waals surface area (Å²) in [6.45, 7) is 4.57. The molecule has 3 N–H and O–H groups in total. The van der Waals surface area contributed by atoms with E-state index in [0.29, 0.717) is 11.8 Å². The van der Waals surface area contributed by atoms with Gasteiger partial charge in [0.25, 0.3) is 0 Å². The van der Waals surface area contributed by atoms with Crippen LogP contribution >= 0.6 is 0 Å². The first kappa shape index (κ1) is 12.8. The lowest BCUT2D eigenvalue weighted by Gasteiger charge is -2.31. The van der Waals surface area contributed by atoms with Crippen LogP contribution in [0.3, 0.4) is 0 Å². The number of carbonyl (C=O) groups excluding carboxylic acids is 1. The topological polar surface area (TPSA) is 64.4 Å².